The second kappa shape index (κ2) is 8.09. The summed E-state index contributed by atoms with van der Waals surface area (Å²) in [5.74, 6) is 0. The van der Waals surface area contributed by atoms with Crippen LogP contribution in [0.25, 0.3) is 0 Å². The molecule has 0 aromatic heterocycles. The van der Waals surface area contributed by atoms with Crippen molar-refractivity contribution in [1.29, 1.82) is 0 Å². The van der Waals surface area contributed by atoms with Gasteiger partial charge in [-0.15, -0.1) is 0 Å². The zero-order chi connectivity index (χ0) is 12.8. The molecule has 0 aliphatic carbocycles. The summed E-state index contributed by atoms with van der Waals surface area (Å²) in [5.41, 5.74) is 0. The Bertz CT molecular complexity index is 220. The molecule has 8 heteroatoms. The summed E-state index contributed by atoms with van der Waals surface area (Å²) >= 11 is 4.41. The van der Waals surface area contributed by atoms with Gasteiger partial charge >= 0.3 is 33.2 Å². The molecule has 0 amide bonds. The molecular weight excluding hydrogens is 258 g/mol. The molecule has 1 saturated heterocycles. The van der Waals surface area contributed by atoms with Crippen molar-refractivity contribution in [2.45, 2.75) is 30.7 Å². The second-order valence-electron chi connectivity index (χ2n) is 3.64. The molecule has 0 aromatic rings. The van der Waals surface area contributed by atoms with Crippen molar-refractivity contribution in [3.63, 3.8) is 0 Å². The number of hydrogen-bond acceptors (Lipinski definition) is 6. The molecule has 1 heterocycles. The van der Waals surface area contributed by atoms with E-state index in [9.17, 15) is 0 Å². The van der Waals surface area contributed by atoms with E-state index < -0.39 is 6.29 Å². The highest BCUT2D eigenvalue weighted by molar-refractivity contribution is 5.98. The third-order valence-electron chi connectivity index (χ3n) is 2.74. The van der Waals surface area contributed by atoms with Gasteiger partial charge in [0.15, 0.2) is 6.29 Å². The third kappa shape index (κ3) is 3.65. The molecular formula is C9H16Al2O6. The smallest absolute Gasteiger partial charge is 0.369 e. The van der Waals surface area contributed by atoms with Crippen LogP contribution in [0.2, 0.25) is 0 Å². The summed E-state index contributed by atoms with van der Waals surface area (Å²) < 4.78 is 32.1. The lowest BCUT2D eigenvalue weighted by Crippen LogP contribution is -2.61. The van der Waals surface area contributed by atoms with E-state index in [0.29, 0.717) is 6.61 Å². The van der Waals surface area contributed by atoms with Gasteiger partial charge < -0.3 is 26.5 Å². The van der Waals surface area contributed by atoms with Crippen molar-refractivity contribution in [3.8, 4) is 0 Å². The summed E-state index contributed by atoms with van der Waals surface area (Å²) in [6.07, 6.45) is -1.78. The first-order valence-corrected chi connectivity index (χ1v) is 6.08. The van der Waals surface area contributed by atoms with Gasteiger partial charge in [0.25, 0.3) is 0 Å². The summed E-state index contributed by atoms with van der Waals surface area (Å²) in [7, 11) is 4.75. The molecule has 0 N–H and O–H groups in total. The van der Waals surface area contributed by atoms with Crippen LogP contribution in [-0.4, -0.2) is 91.9 Å². The van der Waals surface area contributed by atoms with Crippen LogP contribution >= 0.6 is 0 Å². The highest BCUT2D eigenvalue weighted by atomic mass is 27.1. The average Bonchev–Trinajstić information content (AvgIpc) is 2.37. The molecule has 4 radical (unpaired) electrons. The van der Waals surface area contributed by atoms with E-state index in [1.807, 2.05) is 0 Å². The topological polar surface area (TPSA) is 55.4 Å². The Morgan fingerprint density at radius 3 is 2.00 bits per heavy atom. The van der Waals surface area contributed by atoms with Crippen LogP contribution in [0.15, 0.2) is 0 Å². The van der Waals surface area contributed by atoms with Crippen LogP contribution in [0.4, 0.5) is 0 Å². The maximum Gasteiger partial charge on any atom is 0.369 e. The highest BCUT2D eigenvalue weighted by Gasteiger charge is 2.45. The third-order valence-corrected chi connectivity index (χ3v) is 3.37. The fourth-order valence-electron chi connectivity index (χ4n) is 1.94. The predicted molar refractivity (Wildman–Crippen MR) is 59.6 cm³/mol. The normalized spacial score (nSPS) is 38.2. The molecule has 0 bridgehead atoms. The first kappa shape index (κ1) is 15.9. The van der Waals surface area contributed by atoms with Crippen molar-refractivity contribution in [1.82, 2.24) is 0 Å². The predicted octanol–water partition coefficient (Wildman–Crippen LogP) is -1.04. The molecule has 2 unspecified atom stereocenters. The van der Waals surface area contributed by atoms with E-state index >= 15 is 0 Å². The standard InChI is InChI=1S/C9H16O6.2Al/c1-12-4-5-6(10)8(13-2)7(11)9(14-3)15-5;;/h5-9H,4H2,1-3H3;;/q-2;2*+1/t5?,6-,7?,8-,9+;;/m1../s1. The molecule has 94 valence electrons. The van der Waals surface area contributed by atoms with Gasteiger partial charge in [-0.3, -0.25) is 0 Å². The van der Waals surface area contributed by atoms with E-state index in [-0.39, 0.29) is 24.4 Å². The Labute approximate surface area is 118 Å². The Hall–Kier alpha value is 0.825. The lowest BCUT2D eigenvalue weighted by Gasteiger charge is -2.45. The Balaban J connectivity index is 2.84. The summed E-state index contributed by atoms with van der Waals surface area (Å²) in [4.78, 5) is 0. The molecule has 6 nitrogen and oxygen atoms in total. The van der Waals surface area contributed by atoms with Crippen LogP contribution in [0.1, 0.15) is 0 Å². The molecule has 17 heavy (non-hydrogen) atoms. The van der Waals surface area contributed by atoms with Gasteiger partial charge in [-0.25, -0.2) is 0 Å². The van der Waals surface area contributed by atoms with Crippen LogP contribution < -0.4 is 0 Å². The van der Waals surface area contributed by atoms with Crippen LogP contribution in [0, 0.1) is 0 Å². The maximum atomic E-state index is 5.71. The lowest BCUT2D eigenvalue weighted by atomic mass is 9.99. The molecule has 1 rings (SSSR count). The van der Waals surface area contributed by atoms with Crippen LogP contribution in [0.5, 0.6) is 0 Å². The van der Waals surface area contributed by atoms with Crippen molar-refractivity contribution >= 4 is 33.2 Å². The molecule has 1 fully saturated rings. The number of rotatable bonds is 6. The van der Waals surface area contributed by atoms with Crippen LogP contribution in [0.3, 0.4) is 0 Å². The van der Waals surface area contributed by atoms with E-state index in [1.54, 1.807) is 21.3 Å². The van der Waals surface area contributed by atoms with Crippen LogP contribution in [-0.2, 0) is 26.5 Å². The zero-order valence-corrected chi connectivity index (χ0v) is 12.5. The van der Waals surface area contributed by atoms with Gasteiger partial charge in [0.05, 0.1) is 12.7 Å². The van der Waals surface area contributed by atoms with Gasteiger partial charge in [0.2, 0.25) is 0 Å². The lowest BCUT2D eigenvalue weighted by molar-refractivity contribution is -0.288. The average molecular weight is 274 g/mol. The zero-order valence-electron chi connectivity index (χ0n) is 10.2. The van der Waals surface area contributed by atoms with Gasteiger partial charge in [-0.1, -0.05) is 0 Å². The minimum Gasteiger partial charge on any atom is -0.510 e. The number of hydrogen-bond donors (Lipinski definition) is 0. The van der Waals surface area contributed by atoms with E-state index in [2.05, 4.69) is 33.2 Å². The fraction of sp³-hybridized carbons (Fsp3) is 1.00. The molecule has 0 aromatic carbocycles. The minimum atomic E-state index is -0.519. The fourth-order valence-corrected chi connectivity index (χ4v) is 2.56. The Morgan fingerprint density at radius 2 is 1.59 bits per heavy atom. The van der Waals surface area contributed by atoms with E-state index in [4.69, 9.17) is 26.5 Å². The summed E-state index contributed by atoms with van der Waals surface area (Å²) in [6, 6.07) is 0. The maximum absolute atomic E-state index is 5.71. The van der Waals surface area contributed by atoms with Crippen molar-refractivity contribution in [2.24, 2.45) is 0 Å². The molecule has 5 atom stereocenters. The quantitative estimate of drug-likeness (QED) is 0.577. The van der Waals surface area contributed by atoms with E-state index in [0.717, 1.165) is 0 Å². The molecule has 0 saturated carbocycles. The largest absolute Gasteiger partial charge is 0.510 e. The summed E-state index contributed by atoms with van der Waals surface area (Å²) in [5, 5.41) is 0. The first-order chi connectivity index (χ1) is 8.23. The molecule has 1 aliphatic rings. The summed E-state index contributed by atoms with van der Waals surface area (Å²) in [6.45, 7) is 0.391. The SMILES string of the molecule is COCC1O[C@H](OC)C([O][Al])[C@H](OC)[C@@H]1[O][Al]. The van der Waals surface area contributed by atoms with E-state index in [1.165, 1.54) is 0 Å². The molecule has 1 aliphatic heterocycles. The molecule has 0 spiro atoms. The van der Waals surface area contributed by atoms with Gasteiger partial charge in [-0.2, -0.15) is 0 Å². The van der Waals surface area contributed by atoms with Crippen molar-refractivity contribution < 1.29 is 26.5 Å². The first-order valence-electron chi connectivity index (χ1n) is 5.14. The van der Waals surface area contributed by atoms with Gasteiger partial charge in [0.1, 0.15) is 18.3 Å². The second-order valence-corrected chi connectivity index (χ2v) is 4.18. The van der Waals surface area contributed by atoms with Crippen molar-refractivity contribution in [2.75, 3.05) is 27.9 Å². The number of ether oxygens (including phenoxy) is 4. The highest BCUT2D eigenvalue weighted by Crippen LogP contribution is 2.27. The Kier molecular flexibility index (Phi) is 7.56. The van der Waals surface area contributed by atoms with Gasteiger partial charge in [-0.05, 0) is 0 Å². The number of methoxy groups -OCH3 is 3. The van der Waals surface area contributed by atoms with Gasteiger partial charge in [0, 0.05) is 21.3 Å². The van der Waals surface area contributed by atoms with Crippen molar-refractivity contribution in [3.05, 3.63) is 0 Å². The Morgan fingerprint density at radius 1 is 0.941 bits per heavy atom. The minimum absolute atomic E-state index is 0.274. The monoisotopic (exact) mass is 274 g/mol.